The molecule has 1 aromatic rings. The second kappa shape index (κ2) is 6.17. The molecule has 0 bridgehead atoms. The van der Waals surface area contributed by atoms with Crippen LogP contribution in [0.5, 0.6) is 5.75 Å². The SMILES string of the molecule is COc1ccc(Br)cc1CC(=O)C(C)C(C)N. The lowest BCUT2D eigenvalue weighted by Gasteiger charge is -2.15. The van der Waals surface area contributed by atoms with Crippen LogP contribution in [0.15, 0.2) is 22.7 Å². The van der Waals surface area contributed by atoms with Crippen molar-refractivity contribution in [1.29, 1.82) is 0 Å². The van der Waals surface area contributed by atoms with Crippen molar-refractivity contribution in [2.75, 3.05) is 7.11 Å². The molecule has 0 saturated heterocycles. The topological polar surface area (TPSA) is 52.3 Å². The maximum atomic E-state index is 12.0. The molecule has 0 aliphatic rings. The number of Topliss-reactive ketones (excluding diaryl/α,β-unsaturated/α-hetero) is 1. The largest absolute Gasteiger partial charge is 0.496 e. The van der Waals surface area contributed by atoms with Crippen molar-refractivity contribution in [1.82, 2.24) is 0 Å². The van der Waals surface area contributed by atoms with Crippen molar-refractivity contribution in [3.63, 3.8) is 0 Å². The van der Waals surface area contributed by atoms with Crippen LogP contribution in [0.4, 0.5) is 0 Å². The summed E-state index contributed by atoms with van der Waals surface area (Å²) in [7, 11) is 1.60. The van der Waals surface area contributed by atoms with Gasteiger partial charge in [-0.3, -0.25) is 4.79 Å². The molecule has 3 nitrogen and oxygen atoms in total. The number of carbonyl (C=O) groups is 1. The number of ketones is 1. The minimum atomic E-state index is -0.140. The fourth-order valence-electron chi connectivity index (χ4n) is 1.53. The van der Waals surface area contributed by atoms with Crippen LogP contribution >= 0.6 is 15.9 Å². The lowest BCUT2D eigenvalue weighted by atomic mass is 9.94. The van der Waals surface area contributed by atoms with Crippen LogP contribution in [0.1, 0.15) is 19.4 Å². The maximum absolute atomic E-state index is 12.0. The van der Waals surface area contributed by atoms with Gasteiger partial charge in [0.1, 0.15) is 11.5 Å². The Hall–Kier alpha value is -0.870. The summed E-state index contributed by atoms with van der Waals surface area (Å²) in [5.74, 6) is 0.730. The molecule has 17 heavy (non-hydrogen) atoms. The quantitative estimate of drug-likeness (QED) is 0.909. The summed E-state index contributed by atoms with van der Waals surface area (Å²) in [5, 5.41) is 0. The summed E-state index contributed by atoms with van der Waals surface area (Å²) >= 11 is 3.39. The van der Waals surface area contributed by atoms with Gasteiger partial charge in [0, 0.05) is 28.4 Å². The first-order valence-electron chi connectivity index (χ1n) is 5.56. The van der Waals surface area contributed by atoms with Crippen LogP contribution in [0.25, 0.3) is 0 Å². The van der Waals surface area contributed by atoms with E-state index in [9.17, 15) is 4.79 Å². The van der Waals surface area contributed by atoms with E-state index >= 15 is 0 Å². The van der Waals surface area contributed by atoms with E-state index in [1.54, 1.807) is 7.11 Å². The molecule has 2 atom stereocenters. The smallest absolute Gasteiger partial charge is 0.141 e. The van der Waals surface area contributed by atoms with Gasteiger partial charge in [-0.25, -0.2) is 0 Å². The lowest BCUT2D eigenvalue weighted by molar-refractivity contribution is -0.122. The van der Waals surface area contributed by atoms with Gasteiger partial charge in [0.15, 0.2) is 0 Å². The summed E-state index contributed by atoms with van der Waals surface area (Å²) in [6, 6.07) is 5.52. The Morgan fingerprint density at radius 3 is 2.65 bits per heavy atom. The van der Waals surface area contributed by atoms with Crippen LogP contribution in [-0.4, -0.2) is 18.9 Å². The third-order valence-electron chi connectivity index (χ3n) is 2.90. The molecule has 0 spiro atoms. The number of rotatable bonds is 5. The molecule has 1 rings (SSSR count). The van der Waals surface area contributed by atoms with E-state index in [-0.39, 0.29) is 17.7 Å². The molecule has 2 unspecified atom stereocenters. The molecular weight excluding hydrogens is 282 g/mol. The molecule has 94 valence electrons. The molecule has 0 heterocycles. The highest BCUT2D eigenvalue weighted by atomic mass is 79.9. The highest BCUT2D eigenvalue weighted by Gasteiger charge is 2.18. The highest BCUT2D eigenvalue weighted by molar-refractivity contribution is 9.10. The highest BCUT2D eigenvalue weighted by Crippen LogP contribution is 2.24. The molecule has 4 heteroatoms. The molecule has 0 fully saturated rings. The van der Waals surface area contributed by atoms with Crippen LogP contribution in [-0.2, 0) is 11.2 Å². The molecule has 0 amide bonds. The van der Waals surface area contributed by atoms with E-state index in [1.807, 2.05) is 32.0 Å². The van der Waals surface area contributed by atoms with Crippen molar-refractivity contribution in [3.8, 4) is 5.75 Å². The summed E-state index contributed by atoms with van der Waals surface area (Å²) in [6.45, 7) is 3.71. The third kappa shape index (κ3) is 3.82. The van der Waals surface area contributed by atoms with Crippen molar-refractivity contribution in [3.05, 3.63) is 28.2 Å². The zero-order valence-electron chi connectivity index (χ0n) is 10.4. The van der Waals surface area contributed by atoms with Crippen LogP contribution < -0.4 is 10.5 Å². The van der Waals surface area contributed by atoms with E-state index < -0.39 is 0 Å². The van der Waals surface area contributed by atoms with E-state index in [1.165, 1.54) is 0 Å². The first-order valence-corrected chi connectivity index (χ1v) is 6.35. The zero-order valence-corrected chi connectivity index (χ0v) is 12.0. The Balaban J connectivity index is 2.87. The standard InChI is InChI=1S/C13H18BrNO2/c1-8(9(2)15)12(16)7-10-6-11(14)4-5-13(10)17-3/h4-6,8-9H,7,15H2,1-3H3. The Morgan fingerprint density at radius 1 is 1.47 bits per heavy atom. The Labute approximate surface area is 110 Å². The fourth-order valence-corrected chi connectivity index (χ4v) is 1.94. The maximum Gasteiger partial charge on any atom is 0.141 e. The molecular formula is C13H18BrNO2. The second-order valence-electron chi connectivity index (χ2n) is 4.25. The van der Waals surface area contributed by atoms with Gasteiger partial charge in [-0.15, -0.1) is 0 Å². The van der Waals surface area contributed by atoms with E-state index in [4.69, 9.17) is 10.5 Å². The van der Waals surface area contributed by atoms with Crippen molar-refractivity contribution in [2.24, 2.45) is 11.7 Å². The molecule has 1 aromatic carbocycles. The van der Waals surface area contributed by atoms with Gasteiger partial charge in [0.05, 0.1) is 7.11 Å². The number of methoxy groups -OCH3 is 1. The summed E-state index contributed by atoms with van der Waals surface area (Å²) in [4.78, 5) is 12.0. The molecule has 0 saturated carbocycles. The van der Waals surface area contributed by atoms with Crippen molar-refractivity contribution in [2.45, 2.75) is 26.3 Å². The first-order chi connectivity index (χ1) is 7.95. The second-order valence-corrected chi connectivity index (χ2v) is 5.16. The molecule has 2 N–H and O–H groups in total. The third-order valence-corrected chi connectivity index (χ3v) is 3.40. The monoisotopic (exact) mass is 299 g/mol. The van der Waals surface area contributed by atoms with E-state index in [0.717, 1.165) is 15.8 Å². The number of halogens is 1. The predicted molar refractivity (Wildman–Crippen MR) is 72.2 cm³/mol. The molecule has 0 aliphatic heterocycles. The molecule has 0 aliphatic carbocycles. The number of hydrogen-bond donors (Lipinski definition) is 1. The van der Waals surface area contributed by atoms with Gasteiger partial charge in [-0.2, -0.15) is 0 Å². The minimum Gasteiger partial charge on any atom is -0.496 e. The van der Waals surface area contributed by atoms with Crippen molar-refractivity contribution >= 4 is 21.7 Å². The van der Waals surface area contributed by atoms with Gasteiger partial charge in [0.25, 0.3) is 0 Å². The van der Waals surface area contributed by atoms with Gasteiger partial charge < -0.3 is 10.5 Å². The van der Waals surface area contributed by atoms with Crippen LogP contribution in [0.3, 0.4) is 0 Å². The lowest BCUT2D eigenvalue weighted by Crippen LogP contribution is -2.31. The predicted octanol–water partition coefficient (Wildman–Crippen LogP) is 2.55. The van der Waals surface area contributed by atoms with Gasteiger partial charge in [-0.05, 0) is 25.1 Å². The average molecular weight is 300 g/mol. The Morgan fingerprint density at radius 2 is 2.12 bits per heavy atom. The van der Waals surface area contributed by atoms with Gasteiger partial charge >= 0.3 is 0 Å². The van der Waals surface area contributed by atoms with Crippen LogP contribution in [0, 0.1) is 5.92 Å². The van der Waals surface area contributed by atoms with E-state index in [0.29, 0.717) is 6.42 Å². The molecule has 0 radical (unpaired) electrons. The Bertz CT molecular complexity index is 404. The minimum absolute atomic E-state index is 0.124. The summed E-state index contributed by atoms with van der Waals surface area (Å²) in [6.07, 6.45) is 0.353. The Kier molecular flexibility index (Phi) is 5.15. The fraction of sp³-hybridized carbons (Fsp3) is 0.462. The van der Waals surface area contributed by atoms with Gasteiger partial charge in [0.2, 0.25) is 0 Å². The number of hydrogen-bond acceptors (Lipinski definition) is 3. The summed E-state index contributed by atoms with van der Waals surface area (Å²) < 4.78 is 6.18. The van der Waals surface area contributed by atoms with Gasteiger partial charge in [-0.1, -0.05) is 22.9 Å². The van der Waals surface area contributed by atoms with Crippen LogP contribution in [0.2, 0.25) is 0 Å². The average Bonchev–Trinajstić information content (AvgIpc) is 2.28. The zero-order chi connectivity index (χ0) is 13.0. The van der Waals surface area contributed by atoms with Crippen molar-refractivity contribution < 1.29 is 9.53 Å². The number of carbonyl (C=O) groups excluding carboxylic acids is 1. The van der Waals surface area contributed by atoms with E-state index in [2.05, 4.69) is 15.9 Å². The summed E-state index contributed by atoms with van der Waals surface area (Å²) in [5.41, 5.74) is 6.62. The molecule has 0 aromatic heterocycles. The number of benzene rings is 1. The number of ether oxygens (including phenoxy) is 1. The first kappa shape index (κ1) is 14.2. The normalized spacial score (nSPS) is 14.2. The number of nitrogens with two attached hydrogens (primary N) is 1.